The highest BCUT2D eigenvalue weighted by Crippen LogP contribution is 2.24. The third kappa shape index (κ3) is 2.64. The SMILES string of the molecule is FC(F)CN1CC(CCC2CNC2)C1. The number of hydrogen-bond donors (Lipinski definition) is 1. The molecule has 0 aliphatic carbocycles. The molecular weight excluding hydrogens is 186 g/mol. The van der Waals surface area contributed by atoms with Crippen LogP contribution in [0.5, 0.6) is 0 Å². The Bertz CT molecular complexity index is 177. The molecule has 2 aliphatic heterocycles. The lowest BCUT2D eigenvalue weighted by molar-refractivity contribution is 0.0198. The van der Waals surface area contributed by atoms with E-state index in [0.29, 0.717) is 5.92 Å². The van der Waals surface area contributed by atoms with Crippen molar-refractivity contribution >= 4 is 0 Å². The lowest BCUT2D eigenvalue weighted by atomic mass is 9.88. The summed E-state index contributed by atoms with van der Waals surface area (Å²) >= 11 is 0. The predicted octanol–water partition coefficient (Wildman–Crippen LogP) is 1.18. The molecule has 0 saturated carbocycles. The van der Waals surface area contributed by atoms with Crippen LogP contribution in [-0.4, -0.2) is 44.0 Å². The molecule has 2 fully saturated rings. The fourth-order valence-corrected chi connectivity index (χ4v) is 2.23. The average molecular weight is 204 g/mol. The van der Waals surface area contributed by atoms with Gasteiger partial charge >= 0.3 is 0 Å². The van der Waals surface area contributed by atoms with Gasteiger partial charge in [0.15, 0.2) is 0 Å². The molecule has 2 aliphatic rings. The van der Waals surface area contributed by atoms with Gasteiger partial charge in [-0.1, -0.05) is 0 Å². The summed E-state index contributed by atoms with van der Waals surface area (Å²) in [5.74, 6) is 1.55. The highest BCUT2D eigenvalue weighted by Gasteiger charge is 2.29. The quantitative estimate of drug-likeness (QED) is 0.723. The normalized spacial score (nSPS) is 25.1. The van der Waals surface area contributed by atoms with E-state index in [-0.39, 0.29) is 6.54 Å². The van der Waals surface area contributed by atoms with Crippen molar-refractivity contribution in [1.29, 1.82) is 0 Å². The summed E-state index contributed by atoms with van der Waals surface area (Å²) < 4.78 is 23.9. The Kier molecular flexibility index (Phi) is 3.34. The summed E-state index contributed by atoms with van der Waals surface area (Å²) in [6.07, 6.45) is 0.346. The van der Waals surface area contributed by atoms with Crippen molar-refractivity contribution < 1.29 is 8.78 Å². The van der Waals surface area contributed by atoms with Crippen molar-refractivity contribution in [2.24, 2.45) is 11.8 Å². The van der Waals surface area contributed by atoms with Crippen molar-refractivity contribution in [2.45, 2.75) is 19.3 Å². The summed E-state index contributed by atoms with van der Waals surface area (Å²) in [6, 6.07) is 0. The maximum absolute atomic E-state index is 12.0. The van der Waals surface area contributed by atoms with Crippen molar-refractivity contribution in [2.75, 3.05) is 32.7 Å². The minimum absolute atomic E-state index is 0.0263. The van der Waals surface area contributed by atoms with Gasteiger partial charge in [0.2, 0.25) is 0 Å². The van der Waals surface area contributed by atoms with E-state index >= 15 is 0 Å². The lowest BCUT2D eigenvalue weighted by Gasteiger charge is -2.40. The standard InChI is InChI=1S/C10H18F2N2/c11-10(12)7-14-5-9(6-14)2-1-8-3-13-4-8/h8-10,13H,1-7H2. The highest BCUT2D eigenvalue weighted by molar-refractivity contribution is 4.83. The van der Waals surface area contributed by atoms with Gasteiger partial charge in [-0.25, -0.2) is 8.78 Å². The van der Waals surface area contributed by atoms with Gasteiger partial charge in [0.05, 0.1) is 6.54 Å². The van der Waals surface area contributed by atoms with Crippen LogP contribution in [0.2, 0.25) is 0 Å². The molecule has 82 valence electrons. The Morgan fingerprint density at radius 3 is 2.29 bits per heavy atom. The summed E-state index contributed by atoms with van der Waals surface area (Å²) in [7, 11) is 0. The number of nitrogens with zero attached hydrogens (tertiary/aromatic N) is 1. The second-order valence-electron chi connectivity index (χ2n) is 4.58. The minimum atomic E-state index is -2.16. The molecule has 0 amide bonds. The van der Waals surface area contributed by atoms with Crippen LogP contribution in [0, 0.1) is 11.8 Å². The summed E-state index contributed by atoms with van der Waals surface area (Å²) in [6.45, 7) is 4.08. The van der Waals surface area contributed by atoms with Crippen LogP contribution >= 0.6 is 0 Å². The van der Waals surface area contributed by atoms with Crippen LogP contribution < -0.4 is 5.32 Å². The number of likely N-dealkylation sites (tertiary alicyclic amines) is 1. The molecule has 2 nitrogen and oxygen atoms in total. The van der Waals surface area contributed by atoms with E-state index in [4.69, 9.17) is 0 Å². The number of rotatable bonds is 5. The van der Waals surface area contributed by atoms with Crippen molar-refractivity contribution in [3.8, 4) is 0 Å². The molecule has 0 spiro atoms. The maximum Gasteiger partial charge on any atom is 0.251 e. The Morgan fingerprint density at radius 1 is 1.14 bits per heavy atom. The Hall–Kier alpha value is -0.220. The Morgan fingerprint density at radius 2 is 1.79 bits per heavy atom. The molecule has 0 radical (unpaired) electrons. The topological polar surface area (TPSA) is 15.3 Å². The predicted molar refractivity (Wildman–Crippen MR) is 51.5 cm³/mol. The largest absolute Gasteiger partial charge is 0.316 e. The fraction of sp³-hybridized carbons (Fsp3) is 1.00. The molecule has 0 atom stereocenters. The van der Waals surface area contributed by atoms with Crippen LogP contribution in [0.3, 0.4) is 0 Å². The van der Waals surface area contributed by atoms with Gasteiger partial charge in [0.1, 0.15) is 0 Å². The molecule has 0 bridgehead atoms. The van der Waals surface area contributed by atoms with Gasteiger partial charge in [-0.05, 0) is 37.8 Å². The van der Waals surface area contributed by atoms with E-state index in [1.54, 1.807) is 0 Å². The third-order valence-corrected chi connectivity index (χ3v) is 3.28. The van der Waals surface area contributed by atoms with Gasteiger partial charge in [0.25, 0.3) is 6.43 Å². The Labute approximate surface area is 83.7 Å². The highest BCUT2D eigenvalue weighted by atomic mass is 19.3. The second kappa shape index (κ2) is 4.53. The van der Waals surface area contributed by atoms with Gasteiger partial charge < -0.3 is 5.32 Å². The molecule has 0 unspecified atom stereocenters. The first-order valence-electron chi connectivity index (χ1n) is 5.45. The monoisotopic (exact) mass is 204 g/mol. The maximum atomic E-state index is 12.0. The molecule has 1 N–H and O–H groups in total. The van der Waals surface area contributed by atoms with E-state index in [1.807, 2.05) is 4.90 Å². The summed E-state index contributed by atoms with van der Waals surface area (Å²) in [4.78, 5) is 1.86. The number of alkyl halides is 2. The van der Waals surface area contributed by atoms with Crippen LogP contribution in [0.4, 0.5) is 8.78 Å². The van der Waals surface area contributed by atoms with Crippen molar-refractivity contribution in [3.63, 3.8) is 0 Å². The molecule has 0 aromatic carbocycles. The van der Waals surface area contributed by atoms with E-state index < -0.39 is 6.43 Å². The van der Waals surface area contributed by atoms with Crippen LogP contribution in [0.25, 0.3) is 0 Å². The van der Waals surface area contributed by atoms with Gasteiger partial charge in [-0.3, -0.25) is 4.90 Å². The van der Waals surface area contributed by atoms with Crippen molar-refractivity contribution in [1.82, 2.24) is 10.2 Å². The first-order valence-corrected chi connectivity index (χ1v) is 5.45. The minimum Gasteiger partial charge on any atom is -0.316 e. The van der Waals surface area contributed by atoms with E-state index in [2.05, 4.69) is 5.32 Å². The number of nitrogens with one attached hydrogen (secondary N) is 1. The zero-order chi connectivity index (χ0) is 9.97. The van der Waals surface area contributed by atoms with E-state index in [0.717, 1.165) is 32.1 Å². The molecule has 4 heteroatoms. The zero-order valence-electron chi connectivity index (χ0n) is 8.38. The molecular formula is C10H18F2N2. The Balaban J connectivity index is 1.50. The van der Waals surface area contributed by atoms with Crippen molar-refractivity contribution in [3.05, 3.63) is 0 Å². The van der Waals surface area contributed by atoms with E-state index in [1.165, 1.54) is 12.8 Å². The van der Waals surface area contributed by atoms with Gasteiger partial charge in [0, 0.05) is 13.1 Å². The molecule has 0 aromatic rings. The molecule has 2 rings (SSSR count). The molecule has 2 heterocycles. The average Bonchev–Trinajstić information content (AvgIpc) is 1.95. The first-order chi connectivity index (χ1) is 6.74. The first kappa shape index (κ1) is 10.3. The number of halogens is 2. The smallest absolute Gasteiger partial charge is 0.251 e. The van der Waals surface area contributed by atoms with Crippen LogP contribution in [0.15, 0.2) is 0 Å². The fourth-order valence-electron chi connectivity index (χ4n) is 2.23. The zero-order valence-corrected chi connectivity index (χ0v) is 8.38. The van der Waals surface area contributed by atoms with E-state index in [9.17, 15) is 8.78 Å². The molecule has 14 heavy (non-hydrogen) atoms. The summed E-state index contributed by atoms with van der Waals surface area (Å²) in [5.41, 5.74) is 0. The summed E-state index contributed by atoms with van der Waals surface area (Å²) in [5, 5.41) is 3.25. The molecule has 2 saturated heterocycles. The van der Waals surface area contributed by atoms with Crippen LogP contribution in [-0.2, 0) is 0 Å². The van der Waals surface area contributed by atoms with Gasteiger partial charge in [-0.15, -0.1) is 0 Å². The second-order valence-corrected chi connectivity index (χ2v) is 4.58. The lowest BCUT2D eigenvalue weighted by Crippen LogP contribution is -2.49. The number of hydrogen-bond acceptors (Lipinski definition) is 2. The molecule has 0 aromatic heterocycles. The third-order valence-electron chi connectivity index (χ3n) is 3.28. The van der Waals surface area contributed by atoms with Crippen LogP contribution in [0.1, 0.15) is 12.8 Å². The van der Waals surface area contributed by atoms with Gasteiger partial charge in [-0.2, -0.15) is 0 Å².